The summed E-state index contributed by atoms with van der Waals surface area (Å²) in [6, 6.07) is 6.35. The zero-order valence-electron chi connectivity index (χ0n) is 7.95. The van der Waals surface area contributed by atoms with Crippen molar-refractivity contribution in [2.75, 3.05) is 17.6 Å². The van der Waals surface area contributed by atoms with E-state index in [0.29, 0.717) is 6.54 Å². The van der Waals surface area contributed by atoms with Crippen LogP contribution in [0.4, 0.5) is 5.69 Å². The SMILES string of the molecule is O=CCNc1ccc2c(c1)CCCS2. The van der Waals surface area contributed by atoms with E-state index in [1.54, 1.807) is 0 Å². The van der Waals surface area contributed by atoms with Crippen LogP contribution in [0.5, 0.6) is 0 Å². The van der Waals surface area contributed by atoms with Crippen molar-refractivity contribution in [1.82, 2.24) is 0 Å². The summed E-state index contributed by atoms with van der Waals surface area (Å²) in [5.41, 5.74) is 2.47. The molecule has 2 rings (SSSR count). The summed E-state index contributed by atoms with van der Waals surface area (Å²) < 4.78 is 0. The lowest BCUT2D eigenvalue weighted by Gasteiger charge is -2.16. The molecular formula is C11H13NOS. The lowest BCUT2D eigenvalue weighted by molar-refractivity contribution is -0.106. The summed E-state index contributed by atoms with van der Waals surface area (Å²) in [6.45, 7) is 0.395. The van der Waals surface area contributed by atoms with Gasteiger partial charge in [-0.05, 0) is 42.4 Å². The van der Waals surface area contributed by atoms with Crippen LogP contribution in [0.15, 0.2) is 23.1 Å². The van der Waals surface area contributed by atoms with E-state index in [1.165, 1.54) is 29.1 Å². The third-order valence-corrected chi connectivity index (χ3v) is 3.50. The number of carbonyl (C=O) groups is 1. The first-order chi connectivity index (χ1) is 6.90. The molecule has 0 bridgehead atoms. The van der Waals surface area contributed by atoms with Gasteiger partial charge >= 0.3 is 0 Å². The zero-order valence-corrected chi connectivity index (χ0v) is 8.77. The number of aldehydes is 1. The molecular weight excluding hydrogens is 194 g/mol. The number of carbonyl (C=O) groups excluding carboxylic acids is 1. The predicted octanol–water partition coefficient (Wildman–Crippen LogP) is 2.34. The molecule has 1 aromatic rings. The van der Waals surface area contributed by atoms with Crippen molar-refractivity contribution in [2.45, 2.75) is 17.7 Å². The molecule has 0 aromatic heterocycles. The second-order valence-corrected chi connectivity index (χ2v) is 4.46. The third-order valence-electron chi connectivity index (χ3n) is 2.30. The molecule has 0 radical (unpaired) electrons. The van der Waals surface area contributed by atoms with Gasteiger partial charge in [0.2, 0.25) is 0 Å². The first-order valence-corrected chi connectivity index (χ1v) is 5.82. The maximum atomic E-state index is 10.2. The lowest BCUT2D eigenvalue weighted by Crippen LogP contribution is -2.04. The number of aryl methyl sites for hydroxylation is 1. The van der Waals surface area contributed by atoms with Gasteiger partial charge in [0.15, 0.2) is 0 Å². The Hall–Kier alpha value is -0.960. The fourth-order valence-corrected chi connectivity index (χ4v) is 2.65. The van der Waals surface area contributed by atoms with Crippen LogP contribution >= 0.6 is 11.8 Å². The Morgan fingerprint density at radius 2 is 2.43 bits per heavy atom. The van der Waals surface area contributed by atoms with E-state index in [0.717, 1.165) is 12.0 Å². The molecule has 0 saturated carbocycles. The van der Waals surface area contributed by atoms with Crippen LogP contribution in [0, 0.1) is 0 Å². The van der Waals surface area contributed by atoms with Crippen LogP contribution in [-0.2, 0) is 11.2 Å². The molecule has 0 saturated heterocycles. The monoisotopic (exact) mass is 207 g/mol. The average Bonchev–Trinajstić information content (AvgIpc) is 2.26. The molecule has 0 spiro atoms. The summed E-state index contributed by atoms with van der Waals surface area (Å²) >= 11 is 1.92. The van der Waals surface area contributed by atoms with Crippen molar-refractivity contribution in [3.8, 4) is 0 Å². The van der Waals surface area contributed by atoms with E-state index < -0.39 is 0 Å². The van der Waals surface area contributed by atoms with E-state index in [1.807, 2.05) is 17.8 Å². The standard InChI is InChI=1S/C11H13NOS/c13-6-5-12-10-3-4-11-9(8-10)2-1-7-14-11/h3-4,6,8,12H,1-2,5,7H2. The highest BCUT2D eigenvalue weighted by Crippen LogP contribution is 2.31. The second-order valence-electron chi connectivity index (χ2n) is 3.32. The topological polar surface area (TPSA) is 29.1 Å². The Bertz CT molecular complexity index is 338. The smallest absolute Gasteiger partial charge is 0.139 e. The highest BCUT2D eigenvalue weighted by Gasteiger charge is 2.09. The van der Waals surface area contributed by atoms with Gasteiger partial charge < -0.3 is 10.1 Å². The molecule has 74 valence electrons. The molecule has 0 amide bonds. The highest BCUT2D eigenvalue weighted by molar-refractivity contribution is 7.99. The largest absolute Gasteiger partial charge is 0.378 e. The second kappa shape index (κ2) is 4.51. The molecule has 1 heterocycles. The van der Waals surface area contributed by atoms with Crippen LogP contribution < -0.4 is 5.32 Å². The molecule has 1 aliphatic rings. The van der Waals surface area contributed by atoms with Crippen molar-refractivity contribution in [3.05, 3.63) is 23.8 Å². The van der Waals surface area contributed by atoms with Crippen molar-refractivity contribution in [2.24, 2.45) is 0 Å². The van der Waals surface area contributed by atoms with Crippen LogP contribution in [0.25, 0.3) is 0 Å². The van der Waals surface area contributed by atoms with Crippen molar-refractivity contribution in [1.29, 1.82) is 0 Å². The average molecular weight is 207 g/mol. The number of benzene rings is 1. The van der Waals surface area contributed by atoms with Gasteiger partial charge in [0.05, 0.1) is 6.54 Å². The first-order valence-electron chi connectivity index (χ1n) is 4.83. The number of anilines is 1. The zero-order chi connectivity index (χ0) is 9.80. The number of hydrogen-bond acceptors (Lipinski definition) is 3. The van der Waals surface area contributed by atoms with Crippen LogP contribution in [0.2, 0.25) is 0 Å². The molecule has 1 N–H and O–H groups in total. The highest BCUT2D eigenvalue weighted by atomic mass is 32.2. The number of thioether (sulfide) groups is 1. The molecule has 1 aliphatic heterocycles. The molecule has 14 heavy (non-hydrogen) atoms. The van der Waals surface area contributed by atoms with E-state index >= 15 is 0 Å². The van der Waals surface area contributed by atoms with E-state index in [2.05, 4.69) is 17.4 Å². The molecule has 0 unspecified atom stereocenters. The van der Waals surface area contributed by atoms with Crippen molar-refractivity contribution in [3.63, 3.8) is 0 Å². The predicted molar refractivity (Wildman–Crippen MR) is 60.0 cm³/mol. The Morgan fingerprint density at radius 1 is 1.50 bits per heavy atom. The Morgan fingerprint density at radius 3 is 3.29 bits per heavy atom. The third kappa shape index (κ3) is 2.10. The fourth-order valence-electron chi connectivity index (χ4n) is 1.63. The number of hydrogen-bond donors (Lipinski definition) is 1. The van der Waals surface area contributed by atoms with E-state index in [9.17, 15) is 4.79 Å². The summed E-state index contributed by atoms with van der Waals surface area (Å²) in [6.07, 6.45) is 3.31. The molecule has 1 aromatic carbocycles. The van der Waals surface area contributed by atoms with Gasteiger partial charge in [-0.3, -0.25) is 0 Å². The first kappa shape index (κ1) is 9.59. The minimum Gasteiger partial charge on any atom is -0.378 e. The van der Waals surface area contributed by atoms with Gasteiger partial charge in [-0.1, -0.05) is 0 Å². The normalized spacial score (nSPS) is 14.6. The van der Waals surface area contributed by atoms with Gasteiger partial charge in [-0.2, -0.15) is 0 Å². The molecule has 0 atom stereocenters. The van der Waals surface area contributed by atoms with E-state index in [4.69, 9.17) is 0 Å². The Labute approximate surface area is 88.1 Å². The van der Waals surface area contributed by atoms with Crippen LogP contribution in [-0.4, -0.2) is 18.6 Å². The van der Waals surface area contributed by atoms with Crippen molar-refractivity contribution < 1.29 is 4.79 Å². The van der Waals surface area contributed by atoms with Gasteiger partial charge in [0.1, 0.15) is 6.29 Å². The van der Waals surface area contributed by atoms with Crippen LogP contribution in [0.3, 0.4) is 0 Å². The molecule has 0 aliphatic carbocycles. The Balaban J connectivity index is 2.16. The van der Waals surface area contributed by atoms with Crippen molar-refractivity contribution >= 4 is 23.7 Å². The number of rotatable bonds is 3. The number of nitrogens with one attached hydrogen (secondary N) is 1. The minimum absolute atomic E-state index is 0.395. The molecule has 0 fully saturated rings. The summed E-state index contributed by atoms with van der Waals surface area (Å²) in [5.74, 6) is 1.23. The van der Waals surface area contributed by atoms with Crippen LogP contribution in [0.1, 0.15) is 12.0 Å². The minimum atomic E-state index is 0.395. The van der Waals surface area contributed by atoms with Gasteiger partial charge in [0.25, 0.3) is 0 Å². The maximum absolute atomic E-state index is 10.2. The summed E-state index contributed by atoms with van der Waals surface area (Å²) in [5, 5.41) is 3.07. The quantitative estimate of drug-likeness (QED) is 0.771. The van der Waals surface area contributed by atoms with Gasteiger partial charge in [0, 0.05) is 10.6 Å². The van der Waals surface area contributed by atoms with E-state index in [-0.39, 0.29) is 0 Å². The fraction of sp³-hybridized carbons (Fsp3) is 0.364. The van der Waals surface area contributed by atoms with Gasteiger partial charge in [-0.15, -0.1) is 11.8 Å². The summed E-state index contributed by atoms with van der Waals surface area (Å²) in [7, 11) is 0. The van der Waals surface area contributed by atoms with Gasteiger partial charge in [-0.25, -0.2) is 0 Å². The maximum Gasteiger partial charge on any atom is 0.139 e. The Kier molecular flexibility index (Phi) is 3.09. The summed E-state index contributed by atoms with van der Waals surface area (Å²) in [4.78, 5) is 11.6. The lowest BCUT2D eigenvalue weighted by atomic mass is 10.1. The number of fused-ring (bicyclic) bond motifs is 1. The molecule has 3 heteroatoms. The molecule has 2 nitrogen and oxygen atoms in total.